The second-order valence-corrected chi connectivity index (χ2v) is 9.09. The Bertz CT molecular complexity index is 1100. The highest BCUT2D eigenvalue weighted by molar-refractivity contribution is 8.01. The van der Waals surface area contributed by atoms with Crippen LogP contribution in [0.3, 0.4) is 0 Å². The van der Waals surface area contributed by atoms with Gasteiger partial charge in [-0.1, -0.05) is 23.1 Å². The molecule has 12 heteroatoms. The molecule has 0 spiro atoms. The molecule has 4 rings (SSSR count). The molecule has 166 valence electrons. The summed E-state index contributed by atoms with van der Waals surface area (Å²) in [5, 5.41) is 13.6. The smallest absolute Gasteiger partial charge is 0.231 e. The maximum absolute atomic E-state index is 13.1. The van der Waals surface area contributed by atoms with E-state index in [2.05, 4.69) is 20.8 Å². The van der Waals surface area contributed by atoms with Crippen molar-refractivity contribution in [3.05, 3.63) is 54.2 Å². The lowest BCUT2D eigenvalue weighted by Gasteiger charge is -2.16. The topological polar surface area (TPSA) is 117 Å². The van der Waals surface area contributed by atoms with Crippen molar-refractivity contribution in [2.45, 2.75) is 17.3 Å². The summed E-state index contributed by atoms with van der Waals surface area (Å²) in [5.74, 6) is -0.870. The molecule has 1 fully saturated rings. The molecule has 1 atom stereocenters. The Morgan fingerprint density at radius 3 is 2.81 bits per heavy atom. The standard InChI is InChI=1S/C20H18FN5O4S2/c21-13-3-5-14(6-4-13)26-10-12(8-17(26)28)18(29)23-19-24-25-20(32-19)31-11-16(27)22-9-15-2-1-7-30-15/h1-7,12H,8-11H2,(H,22,27)(H,23,24,29)/t12-/m1/s1. The molecule has 2 N–H and O–H groups in total. The van der Waals surface area contributed by atoms with E-state index in [1.54, 1.807) is 12.1 Å². The lowest BCUT2D eigenvalue weighted by atomic mass is 10.1. The molecule has 9 nitrogen and oxygen atoms in total. The van der Waals surface area contributed by atoms with Crippen LogP contribution in [0.2, 0.25) is 0 Å². The Morgan fingerprint density at radius 2 is 2.06 bits per heavy atom. The molecule has 1 saturated heterocycles. The molecule has 0 unspecified atom stereocenters. The van der Waals surface area contributed by atoms with E-state index in [4.69, 9.17) is 4.42 Å². The van der Waals surface area contributed by atoms with Gasteiger partial charge in [-0.2, -0.15) is 0 Å². The first kappa shape index (κ1) is 22.0. The van der Waals surface area contributed by atoms with Gasteiger partial charge in [-0.25, -0.2) is 4.39 Å². The number of hydrogen-bond donors (Lipinski definition) is 2. The van der Waals surface area contributed by atoms with Crippen LogP contribution in [0.25, 0.3) is 0 Å². The minimum Gasteiger partial charge on any atom is -0.467 e. The van der Waals surface area contributed by atoms with Crippen molar-refractivity contribution in [2.24, 2.45) is 5.92 Å². The zero-order valence-electron chi connectivity index (χ0n) is 16.6. The molecular weight excluding hydrogens is 457 g/mol. The van der Waals surface area contributed by atoms with Crippen LogP contribution in [0, 0.1) is 11.7 Å². The summed E-state index contributed by atoms with van der Waals surface area (Å²) >= 11 is 2.35. The summed E-state index contributed by atoms with van der Waals surface area (Å²) in [4.78, 5) is 38.2. The molecule has 0 radical (unpaired) electrons. The van der Waals surface area contributed by atoms with Crippen molar-refractivity contribution >= 4 is 51.6 Å². The minimum absolute atomic E-state index is 0.0550. The van der Waals surface area contributed by atoms with Gasteiger partial charge >= 0.3 is 0 Å². The van der Waals surface area contributed by atoms with Gasteiger partial charge < -0.3 is 20.0 Å². The van der Waals surface area contributed by atoms with Crippen LogP contribution in [0.4, 0.5) is 15.2 Å². The Hall–Kier alpha value is -3.25. The first-order valence-corrected chi connectivity index (χ1v) is 11.4. The molecule has 0 aliphatic carbocycles. The van der Waals surface area contributed by atoms with Gasteiger partial charge in [0.1, 0.15) is 11.6 Å². The molecule has 32 heavy (non-hydrogen) atoms. The fourth-order valence-electron chi connectivity index (χ4n) is 3.06. The molecule has 3 heterocycles. The Kier molecular flexibility index (Phi) is 6.81. The second-order valence-electron chi connectivity index (χ2n) is 6.89. The maximum Gasteiger partial charge on any atom is 0.231 e. The number of halogens is 1. The van der Waals surface area contributed by atoms with E-state index in [9.17, 15) is 18.8 Å². The number of benzene rings is 1. The van der Waals surface area contributed by atoms with Crippen molar-refractivity contribution in [1.29, 1.82) is 0 Å². The maximum atomic E-state index is 13.1. The third kappa shape index (κ3) is 5.51. The summed E-state index contributed by atoms with van der Waals surface area (Å²) in [6.45, 7) is 0.505. The fraction of sp³-hybridized carbons (Fsp3) is 0.250. The Balaban J connectivity index is 1.25. The van der Waals surface area contributed by atoms with E-state index in [1.165, 1.54) is 47.2 Å². The Labute approximate surface area is 190 Å². The number of aromatic nitrogens is 2. The first-order valence-electron chi connectivity index (χ1n) is 9.60. The number of carbonyl (C=O) groups is 3. The number of amides is 3. The summed E-state index contributed by atoms with van der Waals surface area (Å²) in [6, 6.07) is 9.07. The molecule has 3 amide bonds. The number of thioether (sulfide) groups is 1. The van der Waals surface area contributed by atoms with E-state index in [-0.39, 0.29) is 36.4 Å². The predicted octanol–water partition coefficient (Wildman–Crippen LogP) is 2.67. The molecule has 1 aliphatic rings. The highest BCUT2D eigenvalue weighted by atomic mass is 32.2. The first-order chi connectivity index (χ1) is 15.5. The van der Waals surface area contributed by atoms with E-state index in [1.807, 2.05) is 0 Å². The number of rotatable bonds is 8. The summed E-state index contributed by atoms with van der Waals surface area (Å²) in [7, 11) is 0. The SMILES string of the molecule is O=C(CSc1nnc(NC(=O)[C@@H]2CC(=O)N(c3ccc(F)cc3)C2)s1)NCc1ccco1. The van der Waals surface area contributed by atoms with E-state index >= 15 is 0 Å². The van der Waals surface area contributed by atoms with Gasteiger partial charge in [0.2, 0.25) is 22.9 Å². The van der Waals surface area contributed by atoms with E-state index < -0.39 is 11.7 Å². The number of nitrogens with zero attached hydrogens (tertiary/aromatic N) is 3. The predicted molar refractivity (Wildman–Crippen MR) is 117 cm³/mol. The van der Waals surface area contributed by atoms with Gasteiger partial charge in [0.15, 0.2) is 4.34 Å². The third-order valence-electron chi connectivity index (χ3n) is 4.64. The molecule has 3 aromatic rings. The molecular formula is C20H18FN5O4S2. The fourth-order valence-corrected chi connectivity index (χ4v) is 4.64. The van der Waals surface area contributed by atoms with Crippen LogP contribution in [-0.4, -0.2) is 40.2 Å². The molecule has 1 aliphatic heterocycles. The Morgan fingerprint density at radius 1 is 1.25 bits per heavy atom. The van der Waals surface area contributed by atoms with Crippen LogP contribution >= 0.6 is 23.1 Å². The molecule has 2 aromatic heterocycles. The average molecular weight is 476 g/mol. The van der Waals surface area contributed by atoms with E-state index in [0.29, 0.717) is 27.5 Å². The lowest BCUT2D eigenvalue weighted by molar-refractivity contribution is -0.122. The van der Waals surface area contributed by atoms with Gasteiger partial charge in [-0.05, 0) is 36.4 Å². The highest BCUT2D eigenvalue weighted by Crippen LogP contribution is 2.28. The molecule has 1 aromatic carbocycles. The number of carbonyl (C=O) groups excluding carboxylic acids is 3. The van der Waals surface area contributed by atoms with Crippen molar-refractivity contribution in [3.8, 4) is 0 Å². The van der Waals surface area contributed by atoms with Gasteiger partial charge in [0.25, 0.3) is 0 Å². The van der Waals surface area contributed by atoms with Gasteiger partial charge in [0, 0.05) is 18.7 Å². The third-order valence-corrected chi connectivity index (χ3v) is 6.61. The molecule has 0 saturated carbocycles. The molecule has 0 bridgehead atoms. The zero-order valence-corrected chi connectivity index (χ0v) is 18.2. The average Bonchev–Trinajstić information content (AvgIpc) is 3.53. The van der Waals surface area contributed by atoms with Crippen LogP contribution in [-0.2, 0) is 20.9 Å². The summed E-state index contributed by atoms with van der Waals surface area (Å²) in [5.41, 5.74) is 0.548. The lowest BCUT2D eigenvalue weighted by Crippen LogP contribution is -2.28. The van der Waals surface area contributed by atoms with Crippen molar-refractivity contribution in [2.75, 3.05) is 22.5 Å². The normalized spacial score (nSPS) is 15.7. The number of anilines is 2. The van der Waals surface area contributed by atoms with Crippen LogP contribution in [0.5, 0.6) is 0 Å². The van der Waals surface area contributed by atoms with Crippen LogP contribution in [0.1, 0.15) is 12.2 Å². The quantitative estimate of drug-likeness (QED) is 0.380. The number of furan rings is 1. The largest absolute Gasteiger partial charge is 0.467 e. The highest BCUT2D eigenvalue weighted by Gasteiger charge is 2.35. The monoisotopic (exact) mass is 475 g/mol. The van der Waals surface area contributed by atoms with Gasteiger partial charge in [0.05, 0.1) is 24.5 Å². The van der Waals surface area contributed by atoms with E-state index in [0.717, 1.165) is 11.3 Å². The van der Waals surface area contributed by atoms with Crippen molar-refractivity contribution in [3.63, 3.8) is 0 Å². The summed E-state index contributed by atoms with van der Waals surface area (Å²) < 4.78 is 18.8. The summed E-state index contributed by atoms with van der Waals surface area (Å²) in [6.07, 6.45) is 1.59. The van der Waals surface area contributed by atoms with Crippen LogP contribution < -0.4 is 15.5 Å². The van der Waals surface area contributed by atoms with Gasteiger partial charge in [-0.15, -0.1) is 10.2 Å². The van der Waals surface area contributed by atoms with Crippen LogP contribution in [0.15, 0.2) is 51.4 Å². The van der Waals surface area contributed by atoms with Crippen molar-refractivity contribution < 1.29 is 23.2 Å². The van der Waals surface area contributed by atoms with Crippen molar-refractivity contribution in [1.82, 2.24) is 15.5 Å². The van der Waals surface area contributed by atoms with Gasteiger partial charge in [-0.3, -0.25) is 14.4 Å². The number of hydrogen-bond acceptors (Lipinski definition) is 8. The minimum atomic E-state index is -0.556. The zero-order chi connectivity index (χ0) is 22.5. The number of nitrogens with one attached hydrogen (secondary N) is 2. The second kappa shape index (κ2) is 9.92.